The zero-order valence-electron chi connectivity index (χ0n) is 6.47. The summed E-state index contributed by atoms with van der Waals surface area (Å²) in [5.74, 6) is -3.96. The van der Waals surface area contributed by atoms with Gasteiger partial charge in [-0.2, -0.15) is 0 Å². The summed E-state index contributed by atoms with van der Waals surface area (Å²) >= 11 is 0. The fraction of sp³-hybridized carbons (Fsp3) is 0.500. The number of aliphatic hydroxyl groups excluding tert-OH is 1. The van der Waals surface area contributed by atoms with Crippen LogP contribution in [0.15, 0.2) is 0 Å². The van der Waals surface area contributed by atoms with Crippen molar-refractivity contribution in [2.75, 3.05) is 0 Å². The Morgan fingerprint density at radius 2 is 1.53 bits per heavy atom. The number of hydrogen-bond acceptors (Lipinski definition) is 5. The van der Waals surface area contributed by atoms with E-state index in [0.29, 0.717) is 0 Å². The molecule has 0 aromatic heterocycles. The van der Waals surface area contributed by atoms with Crippen LogP contribution in [0, 0.1) is 0 Å². The molecule has 2 atom stereocenters. The Hall–Kier alpha value is 0.270. The predicted molar refractivity (Wildman–Crippen MR) is 46.7 cm³/mol. The molecule has 0 rings (SSSR count). The third-order valence-electron chi connectivity index (χ3n) is 1.03. The van der Waals surface area contributed by atoms with Crippen LogP contribution >= 0.6 is 7.82 Å². The molecular formula is C4H9CaO9P. The fourth-order valence-corrected chi connectivity index (χ4v) is 1.02. The molecule has 0 aliphatic rings. The molecule has 0 bridgehead atoms. The molecule has 0 aliphatic carbocycles. The topological polar surface area (TPSA) is 162 Å². The molecule has 0 amide bonds. The van der Waals surface area contributed by atoms with Gasteiger partial charge in [-0.1, -0.05) is 0 Å². The molecule has 15 heavy (non-hydrogen) atoms. The first-order chi connectivity index (χ1) is 6.15. The minimum absolute atomic E-state index is 0. The first-order valence-electron chi connectivity index (χ1n) is 3.03. The van der Waals surface area contributed by atoms with Crippen LogP contribution in [0.5, 0.6) is 0 Å². The summed E-state index contributed by atoms with van der Waals surface area (Å²) in [6.45, 7) is 0. The van der Waals surface area contributed by atoms with Gasteiger partial charge in [-0.15, -0.1) is 0 Å². The van der Waals surface area contributed by atoms with Crippen molar-refractivity contribution in [3.8, 4) is 0 Å². The van der Waals surface area contributed by atoms with Gasteiger partial charge in [0.05, 0.1) is 0 Å². The Balaban J connectivity index is 0. The summed E-state index contributed by atoms with van der Waals surface area (Å²) in [4.78, 5) is 36.7. The fourth-order valence-electron chi connectivity index (χ4n) is 0.515. The predicted octanol–water partition coefficient (Wildman–Crippen LogP) is -2.92. The second-order valence-electron chi connectivity index (χ2n) is 2.14. The van der Waals surface area contributed by atoms with E-state index in [2.05, 4.69) is 4.52 Å². The molecule has 11 heteroatoms. The van der Waals surface area contributed by atoms with Crippen LogP contribution in [0.25, 0.3) is 0 Å². The maximum absolute atomic E-state index is 10.2. The van der Waals surface area contributed by atoms with Crippen molar-refractivity contribution in [1.82, 2.24) is 0 Å². The molecule has 5 N–H and O–H groups in total. The van der Waals surface area contributed by atoms with E-state index in [1.807, 2.05) is 0 Å². The number of phosphoric acid groups is 1. The summed E-state index contributed by atoms with van der Waals surface area (Å²) in [5.41, 5.74) is 0. The van der Waals surface area contributed by atoms with Gasteiger partial charge in [0.2, 0.25) is 6.10 Å². The van der Waals surface area contributed by atoms with Crippen molar-refractivity contribution in [1.29, 1.82) is 0 Å². The normalized spacial score (nSPS) is 14.9. The number of rotatable bonds is 5. The zero-order valence-corrected chi connectivity index (χ0v) is 7.37. The SMILES string of the molecule is O=C(O)C(O)C(OP(=O)(O)O)C(=O)O.[CaH2]. The molecule has 0 fully saturated rings. The number of aliphatic carboxylic acids is 2. The Morgan fingerprint density at radius 1 is 1.13 bits per heavy atom. The van der Waals surface area contributed by atoms with Crippen molar-refractivity contribution in [2.24, 2.45) is 0 Å². The molecule has 2 unspecified atom stereocenters. The Kier molecular flexibility index (Phi) is 7.97. The number of phosphoric ester groups is 1. The van der Waals surface area contributed by atoms with Gasteiger partial charge in [0, 0.05) is 0 Å². The third-order valence-corrected chi connectivity index (χ3v) is 1.54. The van der Waals surface area contributed by atoms with Crippen LogP contribution in [-0.4, -0.2) is 87.0 Å². The summed E-state index contributed by atoms with van der Waals surface area (Å²) in [7, 11) is -5.17. The van der Waals surface area contributed by atoms with Crippen molar-refractivity contribution in [2.45, 2.75) is 12.2 Å². The van der Waals surface area contributed by atoms with Crippen LogP contribution in [0.3, 0.4) is 0 Å². The molecule has 9 nitrogen and oxygen atoms in total. The van der Waals surface area contributed by atoms with E-state index in [1.165, 1.54) is 0 Å². The Morgan fingerprint density at radius 3 is 1.73 bits per heavy atom. The van der Waals surface area contributed by atoms with Crippen LogP contribution in [0.2, 0.25) is 0 Å². The molecule has 86 valence electrons. The summed E-state index contributed by atoms with van der Waals surface area (Å²) in [5, 5.41) is 25.1. The first kappa shape index (κ1) is 17.7. The number of carboxylic acid groups (broad SMARTS) is 2. The zero-order chi connectivity index (χ0) is 11.5. The minimum atomic E-state index is -5.17. The van der Waals surface area contributed by atoms with E-state index in [1.54, 1.807) is 0 Å². The van der Waals surface area contributed by atoms with E-state index in [0.717, 1.165) is 0 Å². The van der Waals surface area contributed by atoms with Crippen LogP contribution in [-0.2, 0) is 18.7 Å². The molecule has 0 radical (unpaired) electrons. The van der Waals surface area contributed by atoms with Gasteiger partial charge in [0.25, 0.3) is 0 Å². The first-order valence-corrected chi connectivity index (χ1v) is 4.56. The average Bonchev–Trinajstić information content (AvgIpc) is 1.96. The molecule has 0 aromatic rings. The number of carbonyl (C=O) groups is 2. The van der Waals surface area contributed by atoms with Crippen molar-refractivity contribution < 1.29 is 43.8 Å². The van der Waals surface area contributed by atoms with Crippen molar-refractivity contribution in [3.05, 3.63) is 0 Å². The number of aliphatic hydroxyl groups is 1. The van der Waals surface area contributed by atoms with Gasteiger partial charge in [0.15, 0.2) is 6.10 Å². The second-order valence-corrected chi connectivity index (χ2v) is 3.33. The van der Waals surface area contributed by atoms with Gasteiger partial charge in [-0.05, 0) is 0 Å². The Labute approximate surface area is 113 Å². The molecular weight excluding hydrogens is 263 g/mol. The van der Waals surface area contributed by atoms with Crippen LogP contribution in [0.4, 0.5) is 0 Å². The number of hydrogen-bond donors (Lipinski definition) is 5. The monoisotopic (exact) mass is 272 g/mol. The van der Waals surface area contributed by atoms with Crippen LogP contribution in [0.1, 0.15) is 0 Å². The van der Waals surface area contributed by atoms with E-state index in [9.17, 15) is 14.2 Å². The van der Waals surface area contributed by atoms with Gasteiger partial charge in [0.1, 0.15) is 0 Å². The van der Waals surface area contributed by atoms with Gasteiger partial charge in [-0.25, -0.2) is 14.2 Å². The molecule has 0 heterocycles. The van der Waals surface area contributed by atoms with Gasteiger partial charge in [-0.3, -0.25) is 4.52 Å². The average molecular weight is 272 g/mol. The van der Waals surface area contributed by atoms with Crippen molar-refractivity contribution >= 4 is 57.5 Å². The second kappa shape index (κ2) is 6.77. The van der Waals surface area contributed by atoms with Crippen molar-refractivity contribution in [3.63, 3.8) is 0 Å². The van der Waals surface area contributed by atoms with E-state index in [-0.39, 0.29) is 37.7 Å². The summed E-state index contributed by atoms with van der Waals surface area (Å²) in [6, 6.07) is 0. The quantitative estimate of drug-likeness (QED) is 0.260. The van der Waals surface area contributed by atoms with E-state index >= 15 is 0 Å². The van der Waals surface area contributed by atoms with Gasteiger partial charge < -0.3 is 25.1 Å². The van der Waals surface area contributed by atoms with E-state index < -0.39 is 32.0 Å². The third kappa shape index (κ3) is 7.20. The Bertz CT molecular complexity index is 284. The van der Waals surface area contributed by atoms with E-state index in [4.69, 9.17) is 25.1 Å². The molecule has 0 spiro atoms. The van der Waals surface area contributed by atoms with Gasteiger partial charge >= 0.3 is 57.5 Å². The molecule has 0 aliphatic heterocycles. The maximum atomic E-state index is 10.2. The number of carboxylic acids is 2. The molecule has 0 saturated heterocycles. The summed E-state index contributed by atoms with van der Waals surface area (Å²) in [6.07, 6.45) is -5.08. The molecule has 0 aromatic carbocycles. The van der Waals surface area contributed by atoms with Crippen LogP contribution < -0.4 is 0 Å². The summed E-state index contributed by atoms with van der Waals surface area (Å²) < 4.78 is 13.7. The molecule has 0 saturated carbocycles. The standard InChI is InChI=1S/C4H7O9P.Ca.2H/c5-1(3(6)7)2(4(8)9)13-14(10,11)12;;;/h1-2,5H,(H,6,7)(H,8,9)(H2,10,11,12);;;.